The second kappa shape index (κ2) is 5.32. The van der Waals surface area contributed by atoms with Crippen LogP contribution in [-0.2, 0) is 4.74 Å². The maximum Gasteiger partial charge on any atom is 0.205 e. The molecule has 0 aliphatic carbocycles. The molecule has 1 saturated heterocycles. The Balaban J connectivity index is 2.47. The summed E-state index contributed by atoms with van der Waals surface area (Å²) in [6.45, 7) is 7.70. The Morgan fingerprint density at radius 3 is 2.87 bits per heavy atom. The predicted octanol–water partition coefficient (Wildman–Crippen LogP) is 0.373. The number of guanidine groups is 1. The van der Waals surface area contributed by atoms with Gasteiger partial charge in [0.05, 0.1) is 5.60 Å². The van der Waals surface area contributed by atoms with Crippen molar-refractivity contribution in [3.63, 3.8) is 0 Å². The number of nitrogens with two attached hydrogens (primary N) is 1. The van der Waals surface area contributed by atoms with E-state index in [1.807, 2.05) is 6.92 Å². The smallest absolute Gasteiger partial charge is 0.205 e. The summed E-state index contributed by atoms with van der Waals surface area (Å²) in [4.78, 5) is 4.21. The number of aliphatic imine (C=N–C) groups is 1. The number of hydrogen-bond acceptors (Lipinski definition) is 3. The van der Waals surface area contributed by atoms with E-state index >= 15 is 0 Å². The molecule has 5 heteroatoms. The van der Waals surface area contributed by atoms with E-state index in [1.54, 1.807) is 0 Å². The molecule has 0 aromatic carbocycles. The SMILES string of the molecule is CCN=C(NN)NC1CCOC(C)(C)C1. The van der Waals surface area contributed by atoms with Gasteiger partial charge in [0.2, 0.25) is 5.96 Å². The monoisotopic (exact) mass is 214 g/mol. The van der Waals surface area contributed by atoms with Crippen molar-refractivity contribution in [1.82, 2.24) is 10.7 Å². The first-order valence-corrected chi connectivity index (χ1v) is 5.49. The first-order chi connectivity index (χ1) is 7.07. The number of nitrogens with zero attached hydrogens (tertiary/aromatic N) is 1. The Bertz CT molecular complexity index is 227. The molecule has 15 heavy (non-hydrogen) atoms. The second-order valence-electron chi connectivity index (χ2n) is 4.41. The third-order valence-electron chi connectivity index (χ3n) is 2.49. The van der Waals surface area contributed by atoms with E-state index in [1.165, 1.54) is 0 Å². The van der Waals surface area contributed by atoms with E-state index in [0.717, 1.165) is 26.0 Å². The highest BCUT2D eigenvalue weighted by atomic mass is 16.5. The van der Waals surface area contributed by atoms with Crippen molar-refractivity contribution in [3.05, 3.63) is 0 Å². The topological polar surface area (TPSA) is 71.7 Å². The molecule has 0 radical (unpaired) electrons. The number of hydrogen-bond donors (Lipinski definition) is 3. The van der Waals surface area contributed by atoms with E-state index < -0.39 is 0 Å². The van der Waals surface area contributed by atoms with Crippen molar-refractivity contribution in [3.8, 4) is 0 Å². The van der Waals surface area contributed by atoms with Crippen LogP contribution < -0.4 is 16.6 Å². The summed E-state index contributed by atoms with van der Waals surface area (Å²) in [6.07, 6.45) is 1.96. The average molecular weight is 214 g/mol. The normalized spacial score (nSPS) is 26.1. The third kappa shape index (κ3) is 4.05. The molecule has 0 spiro atoms. The fraction of sp³-hybridized carbons (Fsp3) is 0.900. The Hall–Kier alpha value is -0.810. The summed E-state index contributed by atoms with van der Waals surface area (Å²) in [5.74, 6) is 6.04. The number of hydrazine groups is 1. The fourth-order valence-corrected chi connectivity index (χ4v) is 1.84. The van der Waals surface area contributed by atoms with E-state index in [2.05, 4.69) is 29.6 Å². The highest BCUT2D eigenvalue weighted by Crippen LogP contribution is 2.23. The number of ether oxygens (including phenoxy) is 1. The van der Waals surface area contributed by atoms with Gasteiger partial charge in [-0.2, -0.15) is 0 Å². The van der Waals surface area contributed by atoms with Crippen LogP contribution in [0, 0.1) is 0 Å². The third-order valence-corrected chi connectivity index (χ3v) is 2.49. The Morgan fingerprint density at radius 1 is 1.60 bits per heavy atom. The van der Waals surface area contributed by atoms with Crippen molar-refractivity contribution in [2.75, 3.05) is 13.2 Å². The van der Waals surface area contributed by atoms with Gasteiger partial charge in [0.25, 0.3) is 0 Å². The predicted molar refractivity (Wildman–Crippen MR) is 61.5 cm³/mol. The Kier molecular flexibility index (Phi) is 4.35. The van der Waals surface area contributed by atoms with Crippen LogP contribution in [0.5, 0.6) is 0 Å². The summed E-state index contributed by atoms with van der Waals surface area (Å²) < 4.78 is 5.64. The zero-order chi connectivity index (χ0) is 11.3. The highest BCUT2D eigenvalue weighted by Gasteiger charge is 2.29. The zero-order valence-corrected chi connectivity index (χ0v) is 9.84. The standard InChI is InChI=1S/C10H22N4O/c1-4-12-9(14-11)13-8-5-6-15-10(2,3)7-8/h8H,4-7,11H2,1-3H3,(H2,12,13,14). The van der Waals surface area contributed by atoms with E-state index in [0.29, 0.717) is 12.0 Å². The van der Waals surface area contributed by atoms with E-state index in [9.17, 15) is 0 Å². The largest absolute Gasteiger partial charge is 0.375 e. The molecule has 1 unspecified atom stereocenters. The molecule has 1 rings (SSSR count). The number of nitrogens with one attached hydrogen (secondary N) is 2. The maximum absolute atomic E-state index is 5.64. The molecule has 88 valence electrons. The molecule has 0 saturated carbocycles. The van der Waals surface area contributed by atoms with Gasteiger partial charge in [-0.25, -0.2) is 5.84 Å². The molecule has 1 aliphatic heterocycles. The summed E-state index contributed by atoms with van der Waals surface area (Å²) in [6, 6.07) is 0.384. The van der Waals surface area contributed by atoms with Crippen LogP contribution in [0.15, 0.2) is 4.99 Å². The van der Waals surface area contributed by atoms with Gasteiger partial charge in [0, 0.05) is 19.2 Å². The van der Waals surface area contributed by atoms with Crippen LogP contribution in [0.2, 0.25) is 0 Å². The highest BCUT2D eigenvalue weighted by molar-refractivity contribution is 5.79. The molecule has 1 aliphatic rings. The van der Waals surface area contributed by atoms with Crippen LogP contribution in [0.4, 0.5) is 0 Å². The second-order valence-corrected chi connectivity index (χ2v) is 4.41. The molecule has 0 aromatic rings. The number of rotatable bonds is 2. The lowest BCUT2D eigenvalue weighted by Crippen LogP contribution is -2.51. The minimum atomic E-state index is -0.0537. The van der Waals surface area contributed by atoms with Crippen molar-refractivity contribution in [1.29, 1.82) is 0 Å². The average Bonchev–Trinajstić information content (AvgIpc) is 2.15. The van der Waals surface area contributed by atoms with Crippen molar-refractivity contribution >= 4 is 5.96 Å². The van der Waals surface area contributed by atoms with Crippen molar-refractivity contribution in [2.45, 2.75) is 45.3 Å². The van der Waals surface area contributed by atoms with Gasteiger partial charge >= 0.3 is 0 Å². The molecule has 0 bridgehead atoms. The molecule has 0 amide bonds. The molecule has 4 N–H and O–H groups in total. The fourth-order valence-electron chi connectivity index (χ4n) is 1.84. The quantitative estimate of drug-likeness (QED) is 0.269. The van der Waals surface area contributed by atoms with Gasteiger partial charge in [0.1, 0.15) is 0 Å². The van der Waals surface area contributed by atoms with Crippen molar-refractivity contribution in [2.24, 2.45) is 10.8 Å². The molecule has 5 nitrogen and oxygen atoms in total. The van der Waals surface area contributed by atoms with Gasteiger partial charge in [-0.3, -0.25) is 10.4 Å². The van der Waals surface area contributed by atoms with Crippen LogP contribution in [0.3, 0.4) is 0 Å². The lowest BCUT2D eigenvalue weighted by molar-refractivity contribution is -0.0605. The first-order valence-electron chi connectivity index (χ1n) is 5.49. The Morgan fingerprint density at radius 2 is 2.33 bits per heavy atom. The maximum atomic E-state index is 5.64. The molecule has 0 aromatic heterocycles. The van der Waals surface area contributed by atoms with Crippen molar-refractivity contribution < 1.29 is 4.74 Å². The molecular formula is C10H22N4O. The van der Waals surface area contributed by atoms with Crippen LogP contribution >= 0.6 is 0 Å². The van der Waals surface area contributed by atoms with Crippen LogP contribution in [0.1, 0.15) is 33.6 Å². The van der Waals surface area contributed by atoms with Gasteiger partial charge in [-0.1, -0.05) is 0 Å². The minimum Gasteiger partial charge on any atom is -0.375 e. The summed E-state index contributed by atoms with van der Waals surface area (Å²) in [5, 5.41) is 3.30. The van der Waals surface area contributed by atoms with Gasteiger partial charge in [0.15, 0.2) is 0 Å². The van der Waals surface area contributed by atoms with Gasteiger partial charge in [-0.05, 0) is 33.6 Å². The van der Waals surface area contributed by atoms with Crippen LogP contribution in [-0.4, -0.2) is 30.8 Å². The van der Waals surface area contributed by atoms with Gasteiger partial charge in [-0.15, -0.1) is 0 Å². The molecule has 1 fully saturated rings. The minimum absolute atomic E-state index is 0.0537. The Labute approximate surface area is 91.4 Å². The zero-order valence-electron chi connectivity index (χ0n) is 9.84. The van der Waals surface area contributed by atoms with E-state index in [-0.39, 0.29) is 5.60 Å². The molecule has 1 atom stereocenters. The summed E-state index contributed by atoms with van der Waals surface area (Å²) in [5.41, 5.74) is 2.52. The van der Waals surface area contributed by atoms with Crippen LogP contribution in [0.25, 0.3) is 0 Å². The molecular weight excluding hydrogens is 192 g/mol. The lowest BCUT2D eigenvalue weighted by atomic mass is 9.94. The first kappa shape index (κ1) is 12.3. The lowest BCUT2D eigenvalue weighted by Gasteiger charge is -2.36. The van der Waals surface area contributed by atoms with Gasteiger partial charge < -0.3 is 10.1 Å². The summed E-state index contributed by atoms with van der Waals surface area (Å²) in [7, 11) is 0. The van der Waals surface area contributed by atoms with E-state index in [4.69, 9.17) is 10.6 Å². The summed E-state index contributed by atoms with van der Waals surface area (Å²) >= 11 is 0. The molecule has 1 heterocycles.